The molecule has 4 fully saturated rings. The third-order valence-corrected chi connectivity index (χ3v) is 4.84. The van der Waals surface area contributed by atoms with Gasteiger partial charge in [-0.3, -0.25) is 14.6 Å². The summed E-state index contributed by atoms with van der Waals surface area (Å²) in [5.41, 5.74) is 1.09. The van der Waals surface area contributed by atoms with Crippen molar-refractivity contribution in [2.45, 2.75) is 5.41 Å². The predicted molar refractivity (Wildman–Crippen MR) is 62.9 cm³/mol. The zero-order chi connectivity index (χ0) is 11.5. The smallest absolute Gasteiger partial charge is 0.204 e. The number of nitrogens with one attached hydrogen (secondary N) is 2. The van der Waals surface area contributed by atoms with Gasteiger partial charge in [-0.15, -0.1) is 0 Å². The maximum absolute atomic E-state index is 12.7. The molecule has 2 N–H and O–H groups in total. The molecule has 3 nitrogen and oxygen atoms in total. The van der Waals surface area contributed by atoms with Crippen LogP contribution in [0.15, 0.2) is 30.3 Å². The number of quaternary nitrogens is 2. The first-order valence-electron chi connectivity index (χ1n) is 6.55. The molecule has 4 bridgehead atoms. The van der Waals surface area contributed by atoms with E-state index in [-0.39, 0.29) is 5.41 Å². The first-order valence-corrected chi connectivity index (χ1v) is 6.55. The van der Waals surface area contributed by atoms with Gasteiger partial charge in [0.25, 0.3) is 0 Å². The molecule has 0 amide bonds. The molecular weight excluding hydrogens is 212 g/mol. The summed E-state index contributed by atoms with van der Waals surface area (Å²) in [7, 11) is 0. The quantitative estimate of drug-likeness (QED) is 0.567. The van der Waals surface area contributed by atoms with Crippen molar-refractivity contribution in [3.8, 4) is 0 Å². The molecule has 4 heterocycles. The van der Waals surface area contributed by atoms with Gasteiger partial charge in [0.05, 0.1) is 13.1 Å². The molecule has 88 valence electrons. The standard InChI is InChI=1S/C14H16N2O/c17-13-11-6-15-8-14(13,9-16(7-11)10-15)12-4-2-1-3-5-12/h1-5,11H,6-10H2/p+2. The van der Waals surface area contributed by atoms with Gasteiger partial charge in [0.1, 0.15) is 19.0 Å². The van der Waals surface area contributed by atoms with E-state index in [0.717, 1.165) is 26.2 Å². The lowest BCUT2D eigenvalue weighted by molar-refractivity contribution is -1.13. The topological polar surface area (TPSA) is 26.0 Å². The van der Waals surface area contributed by atoms with E-state index in [4.69, 9.17) is 0 Å². The van der Waals surface area contributed by atoms with Crippen LogP contribution in [0.2, 0.25) is 0 Å². The molecule has 0 aromatic heterocycles. The highest BCUT2D eigenvalue weighted by molar-refractivity contribution is 5.93. The lowest BCUT2D eigenvalue weighted by Gasteiger charge is -2.52. The van der Waals surface area contributed by atoms with Crippen LogP contribution < -0.4 is 9.80 Å². The largest absolute Gasteiger partial charge is 0.297 e. The molecule has 0 spiro atoms. The van der Waals surface area contributed by atoms with E-state index in [9.17, 15) is 4.79 Å². The summed E-state index contributed by atoms with van der Waals surface area (Å²) >= 11 is 0. The molecule has 4 saturated heterocycles. The van der Waals surface area contributed by atoms with Crippen LogP contribution in [-0.2, 0) is 10.2 Å². The Bertz CT molecular complexity index is 456. The van der Waals surface area contributed by atoms with E-state index in [1.807, 2.05) is 6.07 Å². The van der Waals surface area contributed by atoms with Crippen molar-refractivity contribution in [1.82, 2.24) is 0 Å². The summed E-state index contributed by atoms with van der Waals surface area (Å²) in [4.78, 5) is 15.9. The van der Waals surface area contributed by atoms with Crippen LogP contribution in [0.3, 0.4) is 0 Å². The maximum atomic E-state index is 12.7. The molecule has 17 heavy (non-hydrogen) atoms. The third kappa shape index (κ3) is 1.21. The first-order chi connectivity index (χ1) is 8.28. The summed E-state index contributed by atoms with van der Waals surface area (Å²) < 4.78 is 0. The highest BCUT2D eigenvalue weighted by atomic mass is 16.1. The number of carbonyl (C=O) groups excluding carboxylic acids is 1. The molecule has 0 saturated carbocycles. The summed E-state index contributed by atoms with van der Waals surface area (Å²) in [5, 5.41) is 0. The van der Waals surface area contributed by atoms with Gasteiger partial charge in [0.15, 0.2) is 11.2 Å². The van der Waals surface area contributed by atoms with Crippen LogP contribution >= 0.6 is 0 Å². The van der Waals surface area contributed by atoms with Gasteiger partial charge in [0, 0.05) is 0 Å². The van der Waals surface area contributed by atoms with Crippen molar-refractivity contribution in [3.05, 3.63) is 35.9 Å². The van der Waals surface area contributed by atoms with Crippen LogP contribution in [-0.4, -0.2) is 38.6 Å². The molecular formula is C14H18N2O+2. The summed E-state index contributed by atoms with van der Waals surface area (Å²) in [5.74, 6) is 0.840. The van der Waals surface area contributed by atoms with Crippen molar-refractivity contribution < 1.29 is 14.6 Å². The lowest BCUT2D eigenvalue weighted by atomic mass is 9.65. The minimum absolute atomic E-state index is 0.161. The molecule has 0 radical (unpaired) electrons. The maximum Gasteiger partial charge on any atom is 0.204 e. The number of rotatable bonds is 1. The molecule has 1 aromatic rings. The minimum atomic E-state index is -0.161. The number of hydrogen-bond donors (Lipinski definition) is 2. The fourth-order valence-electron chi connectivity index (χ4n) is 4.31. The van der Waals surface area contributed by atoms with E-state index in [0.29, 0.717) is 11.7 Å². The number of hydrogen-bond acceptors (Lipinski definition) is 1. The first kappa shape index (κ1) is 9.80. The second kappa shape index (κ2) is 3.18. The normalized spacial score (nSPS) is 43.1. The number of carbonyl (C=O) groups is 1. The zero-order valence-corrected chi connectivity index (χ0v) is 9.91. The van der Waals surface area contributed by atoms with Crippen molar-refractivity contribution in [1.29, 1.82) is 0 Å². The van der Waals surface area contributed by atoms with Crippen LogP contribution in [0.4, 0.5) is 0 Å². The molecule has 3 heteroatoms. The van der Waals surface area contributed by atoms with Crippen LogP contribution in [0.1, 0.15) is 5.56 Å². The van der Waals surface area contributed by atoms with E-state index in [2.05, 4.69) is 24.3 Å². The Kier molecular flexibility index (Phi) is 1.83. The van der Waals surface area contributed by atoms with Gasteiger partial charge in [-0.1, -0.05) is 30.3 Å². The molecule has 4 aliphatic heterocycles. The monoisotopic (exact) mass is 230 g/mol. The van der Waals surface area contributed by atoms with Gasteiger partial charge in [-0.05, 0) is 5.56 Å². The van der Waals surface area contributed by atoms with Crippen LogP contribution in [0, 0.1) is 5.92 Å². The molecule has 2 atom stereocenters. The fourth-order valence-corrected chi connectivity index (χ4v) is 4.31. The Morgan fingerprint density at radius 1 is 1.06 bits per heavy atom. The van der Waals surface area contributed by atoms with Crippen molar-refractivity contribution in [2.24, 2.45) is 5.92 Å². The highest BCUT2D eigenvalue weighted by Gasteiger charge is 2.62. The van der Waals surface area contributed by atoms with E-state index < -0.39 is 0 Å². The Hall–Kier alpha value is -1.19. The Labute approximate surface area is 101 Å². The number of piperidine rings is 2. The SMILES string of the molecule is O=C1C2C[NH+]3C[NH+](C2)CC1(c1ccccc1)C3. The summed E-state index contributed by atoms with van der Waals surface area (Å²) in [6.45, 7) is 5.43. The van der Waals surface area contributed by atoms with Crippen molar-refractivity contribution >= 4 is 5.78 Å². The fraction of sp³-hybridized carbons (Fsp3) is 0.500. The Morgan fingerprint density at radius 3 is 2.35 bits per heavy atom. The van der Waals surface area contributed by atoms with Gasteiger partial charge in [-0.25, -0.2) is 0 Å². The lowest BCUT2D eigenvalue weighted by Crippen LogP contribution is -3.40. The average molecular weight is 230 g/mol. The molecule has 5 rings (SSSR count). The van der Waals surface area contributed by atoms with Gasteiger partial charge >= 0.3 is 0 Å². The summed E-state index contributed by atoms with van der Waals surface area (Å²) in [6.07, 6.45) is 0. The molecule has 1 aromatic carbocycles. The van der Waals surface area contributed by atoms with Crippen molar-refractivity contribution in [2.75, 3.05) is 32.8 Å². The number of ketones is 1. The van der Waals surface area contributed by atoms with Gasteiger partial charge < -0.3 is 0 Å². The third-order valence-electron chi connectivity index (χ3n) is 4.84. The molecule has 4 aliphatic rings. The Balaban J connectivity index is 1.84. The van der Waals surface area contributed by atoms with Gasteiger partial charge in [0.2, 0.25) is 6.67 Å². The zero-order valence-electron chi connectivity index (χ0n) is 9.91. The van der Waals surface area contributed by atoms with E-state index in [1.54, 1.807) is 9.80 Å². The average Bonchev–Trinajstić information content (AvgIpc) is 2.36. The predicted octanol–water partition coefficient (Wildman–Crippen LogP) is -2.12. The second-order valence-electron chi connectivity index (χ2n) is 5.95. The van der Waals surface area contributed by atoms with Crippen LogP contribution in [0.25, 0.3) is 0 Å². The summed E-state index contributed by atoms with van der Waals surface area (Å²) in [6, 6.07) is 10.5. The minimum Gasteiger partial charge on any atom is -0.297 e. The van der Waals surface area contributed by atoms with Crippen molar-refractivity contribution in [3.63, 3.8) is 0 Å². The second-order valence-corrected chi connectivity index (χ2v) is 5.95. The highest BCUT2D eigenvalue weighted by Crippen LogP contribution is 2.30. The molecule has 2 unspecified atom stereocenters. The van der Waals surface area contributed by atoms with E-state index in [1.165, 1.54) is 12.2 Å². The van der Waals surface area contributed by atoms with Gasteiger partial charge in [-0.2, -0.15) is 0 Å². The van der Waals surface area contributed by atoms with E-state index >= 15 is 0 Å². The number of benzene rings is 1. The molecule has 0 aliphatic carbocycles. The Morgan fingerprint density at radius 2 is 1.71 bits per heavy atom. The number of Topliss-reactive ketones (excluding diaryl/α,β-unsaturated/α-hetero) is 1. The van der Waals surface area contributed by atoms with Crippen LogP contribution in [0.5, 0.6) is 0 Å².